The van der Waals surface area contributed by atoms with E-state index in [-0.39, 0.29) is 11.9 Å². The van der Waals surface area contributed by atoms with Crippen molar-refractivity contribution < 1.29 is 4.79 Å². The fourth-order valence-electron chi connectivity index (χ4n) is 3.17. The summed E-state index contributed by atoms with van der Waals surface area (Å²) in [6.07, 6.45) is 2.35. The molecule has 20 heavy (non-hydrogen) atoms. The number of benzene rings is 1. The minimum atomic E-state index is -0.0956. The van der Waals surface area contributed by atoms with Crippen LogP contribution in [-0.2, 0) is 4.79 Å². The zero-order valence-corrected chi connectivity index (χ0v) is 14.2. The number of hydrogen-bond acceptors (Lipinski definition) is 2. The minimum absolute atomic E-state index is 0.0723. The number of nitrogens with zero attached hydrogens (tertiary/aromatic N) is 1. The summed E-state index contributed by atoms with van der Waals surface area (Å²) in [4.78, 5) is 14.8. The van der Waals surface area contributed by atoms with Crippen LogP contribution in [0.4, 0.5) is 5.69 Å². The van der Waals surface area contributed by atoms with Crippen LogP contribution in [-0.4, -0.2) is 28.9 Å². The van der Waals surface area contributed by atoms with E-state index in [1.165, 1.54) is 12.8 Å². The normalized spacial score (nSPS) is 24.6. The van der Waals surface area contributed by atoms with Crippen LogP contribution >= 0.6 is 15.9 Å². The van der Waals surface area contributed by atoms with E-state index >= 15 is 0 Å². The van der Waals surface area contributed by atoms with Gasteiger partial charge in [-0.1, -0.05) is 15.9 Å². The zero-order valence-electron chi connectivity index (χ0n) is 12.6. The summed E-state index contributed by atoms with van der Waals surface area (Å²) in [6, 6.07) is 6.83. The Kier molecular flexibility index (Phi) is 4.86. The van der Waals surface area contributed by atoms with E-state index in [4.69, 9.17) is 0 Å². The Morgan fingerprint density at radius 1 is 1.30 bits per heavy atom. The number of anilines is 1. The first-order valence-corrected chi connectivity index (χ1v) is 8.03. The Hall–Kier alpha value is -0.870. The number of rotatable bonds is 3. The molecule has 1 aromatic rings. The molecule has 1 saturated heterocycles. The van der Waals surface area contributed by atoms with E-state index in [9.17, 15) is 4.79 Å². The maximum absolute atomic E-state index is 12.4. The maximum Gasteiger partial charge on any atom is 0.241 e. The average molecular weight is 339 g/mol. The van der Waals surface area contributed by atoms with Crippen molar-refractivity contribution in [2.45, 2.75) is 58.7 Å². The van der Waals surface area contributed by atoms with Gasteiger partial charge in [0.15, 0.2) is 0 Å². The quantitative estimate of drug-likeness (QED) is 0.904. The molecule has 1 aliphatic heterocycles. The molecule has 0 bridgehead atoms. The van der Waals surface area contributed by atoms with E-state index in [0.717, 1.165) is 15.7 Å². The van der Waals surface area contributed by atoms with Crippen LogP contribution in [0.2, 0.25) is 0 Å². The summed E-state index contributed by atoms with van der Waals surface area (Å²) in [5, 5.41) is 3.03. The third kappa shape index (κ3) is 3.41. The predicted molar refractivity (Wildman–Crippen MR) is 87.0 cm³/mol. The Labute approximate surface area is 129 Å². The molecule has 4 heteroatoms. The van der Waals surface area contributed by atoms with Crippen molar-refractivity contribution in [3.8, 4) is 0 Å². The summed E-state index contributed by atoms with van der Waals surface area (Å²) in [5.41, 5.74) is 1.98. The third-order valence-corrected chi connectivity index (χ3v) is 4.61. The number of aryl methyl sites for hydroxylation is 1. The third-order valence-electron chi connectivity index (χ3n) is 4.16. The summed E-state index contributed by atoms with van der Waals surface area (Å²) in [7, 11) is 0. The number of halogens is 1. The van der Waals surface area contributed by atoms with Crippen LogP contribution < -0.4 is 5.32 Å². The van der Waals surface area contributed by atoms with Gasteiger partial charge < -0.3 is 5.32 Å². The largest absolute Gasteiger partial charge is 0.325 e. The Bertz CT molecular complexity index is 473. The zero-order chi connectivity index (χ0) is 14.9. The average Bonchev–Trinajstić information content (AvgIpc) is 2.66. The van der Waals surface area contributed by atoms with Crippen molar-refractivity contribution in [2.24, 2.45) is 0 Å². The predicted octanol–water partition coefficient (Wildman–Crippen LogP) is 3.96. The lowest BCUT2D eigenvalue weighted by Gasteiger charge is -2.31. The molecule has 3 atom stereocenters. The molecule has 0 radical (unpaired) electrons. The summed E-state index contributed by atoms with van der Waals surface area (Å²) >= 11 is 3.46. The molecule has 0 saturated carbocycles. The van der Waals surface area contributed by atoms with Gasteiger partial charge in [-0.2, -0.15) is 0 Å². The van der Waals surface area contributed by atoms with Crippen molar-refractivity contribution in [3.63, 3.8) is 0 Å². The molecule has 2 rings (SSSR count). The summed E-state index contributed by atoms with van der Waals surface area (Å²) < 4.78 is 0.989. The van der Waals surface area contributed by atoms with Gasteiger partial charge in [-0.25, -0.2) is 0 Å². The molecule has 110 valence electrons. The molecule has 1 heterocycles. The van der Waals surface area contributed by atoms with E-state index in [1.807, 2.05) is 32.0 Å². The smallest absolute Gasteiger partial charge is 0.241 e. The number of likely N-dealkylation sites (tertiary alicyclic amines) is 1. The van der Waals surface area contributed by atoms with Crippen molar-refractivity contribution >= 4 is 27.5 Å². The molecular weight excluding hydrogens is 316 g/mol. The van der Waals surface area contributed by atoms with Gasteiger partial charge in [0.1, 0.15) is 0 Å². The fraction of sp³-hybridized carbons (Fsp3) is 0.562. The first kappa shape index (κ1) is 15.5. The van der Waals surface area contributed by atoms with E-state index in [2.05, 4.69) is 40.0 Å². The van der Waals surface area contributed by atoms with Crippen molar-refractivity contribution in [1.82, 2.24) is 4.90 Å². The van der Waals surface area contributed by atoms with Gasteiger partial charge in [-0.3, -0.25) is 9.69 Å². The van der Waals surface area contributed by atoms with Gasteiger partial charge in [0.2, 0.25) is 5.91 Å². The minimum Gasteiger partial charge on any atom is -0.325 e. The van der Waals surface area contributed by atoms with E-state index < -0.39 is 0 Å². The van der Waals surface area contributed by atoms with Crippen LogP contribution in [0, 0.1) is 6.92 Å². The molecule has 1 fully saturated rings. The van der Waals surface area contributed by atoms with Gasteiger partial charge in [-0.15, -0.1) is 0 Å². The molecule has 1 aliphatic rings. The molecule has 0 aliphatic carbocycles. The van der Waals surface area contributed by atoms with Gasteiger partial charge in [0, 0.05) is 22.2 Å². The van der Waals surface area contributed by atoms with Crippen LogP contribution in [0.1, 0.15) is 39.2 Å². The number of nitrogens with one attached hydrogen (secondary N) is 1. The van der Waals surface area contributed by atoms with Gasteiger partial charge in [0.25, 0.3) is 0 Å². The lowest BCUT2D eigenvalue weighted by atomic mass is 10.2. The van der Waals surface area contributed by atoms with Crippen molar-refractivity contribution in [3.05, 3.63) is 28.2 Å². The first-order chi connectivity index (χ1) is 9.38. The lowest BCUT2D eigenvalue weighted by Crippen LogP contribution is -2.46. The standard InChI is InChI=1S/C16H23BrN2O/c1-10-7-14(17)9-15(8-10)18-16(20)13(4)19-11(2)5-6-12(19)3/h7-9,11-13H,5-6H2,1-4H3,(H,18,20). The Morgan fingerprint density at radius 3 is 2.45 bits per heavy atom. The number of hydrogen-bond donors (Lipinski definition) is 1. The Balaban J connectivity index is 2.07. The number of carbonyl (C=O) groups is 1. The van der Waals surface area contributed by atoms with Crippen LogP contribution in [0.5, 0.6) is 0 Å². The summed E-state index contributed by atoms with van der Waals surface area (Å²) in [5.74, 6) is 0.0723. The molecule has 1 amide bonds. The van der Waals surface area contributed by atoms with E-state index in [1.54, 1.807) is 0 Å². The van der Waals surface area contributed by atoms with Crippen LogP contribution in [0.3, 0.4) is 0 Å². The Morgan fingerprint density at radius 2 is 1.90 bits per heavy atom. The maximum atomic E-state index is 12.4. The van der Waals surface area contributed by atoms with Gasteiger partial charge in [0.05, 0.1) is 6.04 Å². The lowest BCUT2D eigenvalue weighted by molar-refractivity contribution is -0.121. The molecule has 3 nitrogen and oxygen atoms in total. The molecule has 0 spiro atoms. The van der Waals surface area contributed by atoms with Crippen LogP contribution in [0.25, 0.3) is 0 Å². The molecule has 3 unspecified atom stereocenters. The highest BCUT2D eigenvalue weighted by atomic mass is 79.9. The second-order valence-electron chi connectivity index (χ2n) is 5.91. The fourth-order valence-corrected chi connectivity index (χ4v) is 3.78. The molecular formula is C16H23BrN2O. The van der Waals surface area contributed by atoms with Crippen molar-refractivity contribution in [2.75, 3.05) is 5.32 Å². The van der Waals surface area contributed by atoms with Gasteiger partial charge in [-0.05, 0) is 64.3 Å². The van der Waals surface area contributed by atoms with Gasteiger partial charge >= 0.3 is 0 Å². The topological polar surface area (TPSA) is 32.3 Å². The number of amides is 1. The highest BCUT2D eigenvalue weighted by molar-refractivity contribution is 9.10. The molecule has 0 aromatic heterocycles. The highest BCUT2D eigenvalue weighted by Gasteiger charge is 2.34. The summed E-state index contributed by atoms with van der Waals surface area (Å²) in [6.45, 7) is 8.43. The van der Waals surface area contributed by atoms with Crippen LogP contribution in [0.15, 0.2) is 22.7 Å². The highest BCUT2D eigenvalue weighted by Crippen LogP contribution is 2.27. The van der Waals surface area contributed by atoms with Crippen molar-refractivity contribution in [1.29, 1.82) is 0 Å². The second-order valence-corrected chi connectivity index (χ2v) is 6.82. The SMILES string of the molecule is Cc1cc(Br)cc(NC(=O)C(C)N2C(C)CCC2C)c1. The van der Waals surface area contributed by atoms with E-state index in [0.29, 0.717) is 12.1 Å². The molecule has 1 aromatic carbocycles. The second kappa shape index (κ2) is 6.27. The number of carbonyl (C=O) groups excluding carboxylic acids is 1. The monoisotopic (exact) mass is 338 g/mol. The first-order valence-electron chi connectivity index (χ1n) is 7.24. The molecule has 1 N–H and O–H groups in total.